The summed E-state index contributed by atoms with van der Waals surface area (Å²) in [7, 11) is 0. The summed E-state index contributed by atoms with van der Waals surface area (Å²) in [6, 6.07) is 3.65. The first-order valence-electron chi connectivity index (χ1n) is 4.63. The Kier molecular flexibility index (Phi) is 5.35. The molecule has 2 N–H and O–H groups in total. The minimum atomic E-state index is -0.912. The highest BCUT2D eigenvalue weighted by Gasteiger charge is 2.03. The van der Waals surface area contributed by atoms with E-state index in [4.69, 9.17) is 5.11 Å². The van der Waals surface area contributed by atoms with E-state index in [2.05, 4.69) is 10.3 Å². The Balaban J connectivity index is 2.18. The van der Waals surface area contributed by atoms with E-state index in [-0.39, 0.29) is 17.4 Å². The molecule has 86 valence electrons. The summed E-state index contributed by atoms with van der Waals surface area (Å²) in [5.41, 5.74) is 0.916. The maximum Gasteiger partial charge on any atom is 0.313 e. The van der Waals surface area contributed by atoms with E-state index in [1.54, 1.807) is 18.5 Å². The molecule has 6 heteroatoms. The minimum Gasteiger partial charge on any atom is -0.481 e. The van der Waals surface area contributed by atoms with Crippen molar-refractivity contribution < 1.29 is 14.7 Å². The molecule has 0 aliphatic carbocycles. The van der Waals surface area contributed by atoms with Crippen LogP contribution in [0.2, 0.25) is 0 Å². The number of nitrogens with one attached hydrogen (secondary N) is 1. The van der Waals surface area contributed by atoms with Crippen LogP contribution in [0.3, 0.4) is 0 Å². The zero-order valence-electron chi connectivity index (χ0n) is 8.55. The van der Waals surface area contributed by atoms with Gasteiger partial charge in [0, 0.05) is 18.9 Å². The predicted molar refractivity (Wildman–Crippen MR) is 61.0 cm³/mol. The van der Waals surface area contributed by atoms with Gasteiger partial charge in [-0.3, -0.25) is 14.6 Å². The zero-order valence-corrected chi connectivity index (χ0v) is 9.37. The van der Waals surface area contributed by atoms with Gasteiger partial charge in [0.25, 0.3) is 0 Å². The fraction of sp³-hybridized carbons (Fsp3) is 0.300. The third-order valence-corrected chi connectivity index (χ3v) is 2.59. The summed E-state index contributed by atoms with van der Waals surface area (Å²) < 4.78 is 0. The average molecular weight is 240 g/mol. The molecule has 0 aromatic carbocycles. The molecule has 0 saturated heterocycles. The highest BCUT2D eigenvalue weighted by atomic mass is 32.2. The largest absolute Gasteiger partial charge is 0.481 e. The lowest BCUT2D eigenvalue weighted by atomic mass is 10.3. The van der Waals surface area contributed by atoms with Gasteiger partial charge in [0.2, 0.25) is 5.91 Å². The molecule has 0 spiro atoms. The van der Waals surface area contributed by atoms with Gasteiger partial charge in [0.15, 0.2) is 0 Å². The fourth-order valence-electron chi connectivity index (χ4n) is 0.985. The van der Waals surface area contributed by atoms with Crippen molar-refractivity contribution in [2.45, 2.75) is 6.54 Å². The number of rotatable bonds is 6. The Morgan fingerprint density at radius 3 is 2.88 bits per heavy atom. The van der Waals surface area contributed by atoms with Crippen molar-refractivity contribution in [3.63, 3.8) is 0 Å². The van der Waals surface area contributed by atoms with Gasteiger partial charge in [-0.15, -0.1) is 11.8 Å². The van der Waals surface area contributed by atoms with Crippen LogP contribution in [-0.2, 0) is 16.1 Å². The lowest BCUT2D eigenvalue weighted by molar-refractivity contribution is -0.133. The van der Waals surface area contributed by atoms with E-state index in [1.807, 2.05) is 6.07 Å². The molecule has 1 aromatic rings. The van der Waals surface area contributed by atoms with Gasteiger partial charge in [0.05, 0.1) is 11.5 Å². The number of pyridine rings is 1. The van der Waals surface area contributed by atoms with Gasteiger partial charge >= 0.3 is 5.97 Å². The lowest BCUT2D eigenvalue weighted by Gasteiger charge is -2.03. The predicted octanol–water partition coefficient (Wildman–Crippen LogP) is 0.516. The van der Waals surface area contributed by atoms with E-state index < -0.39 is 5.97 Å². The Morgan fingerprint density at radius 2 is 2.25 bits per heavy atom. The Bertz CT molecular complexity index is 356. The molecule has 0 unspecified atom stereocenters. The molecular weight excluding hydrogens is 228 g/mol. The highest BCUT2D eigenvalue weighted by molar-refractivity contribution is 8.00. The van der Waals surface area contributed by atoms with Gasteiger partial charge < -0.3 is 10.4 Å². The summed E-state index contributed by atoms with van der Waals surface area (Å²) in [5, 5.41) is 11.1. The van der Waals surface area contributed by atoms with Crippen LogP contribution in [0.4, 0.5) is 0 Å². The topological polar surface area (TPSA) is 79.3 Å². The van der Waals surface area contributed by atoms with Crippen LogP contribution in [0.15, 0.2) is 24.5 Å². The SMILES string of the molecule is O=C(O)CSCC(=O)NCc1cccnc1. The van der Waals surface area contributed by atoms with E-state index in [1.165, 1.54) is 0 Å². The number of amides is 1. The van der Waals surface area contributed by atoms with Crippen LogP contribution in [-0.4, -0.2) is 33.5 Å². The van der Waals surface area contributed by atoms with Crippen molar-refractivity contribution in [3.8, 4) is 0 Å². The van der Waals surface area contributed by atoms with Crippen molar-refractivity contribution in [1.82, 2.24) is 10.3 Å². The molecule has 1 aromatic heterocycles. The minimum absolute atomic E-state index is 0.0552. The summed E-state index contributed by atoms with van der Waals surface area (Å²) in [6.45, 7) is 0.417. The van der Waals surface area contributed by atoms with Crippen molar-refractivity contribution >= 4 is 23.6 Å². The molecule has 1 rings (SSSR count). The number of hydrogen-bond acceptors (Lipinski definition) is 4. The van der Waals surface area contributed by atoms with Crippen LogP contribution in [0, 0.1) is 0 Å². The van der Waals surface area contributed by atoms with Crippen LogP contribution in [0.1, 0.15) is 5.56 Å². The second kappa shape index (κ2) is 6.84. The fourth-order valence-corrected chi connectivity index (χ4v) is 1.55. The lowest BCUT2D eigenvalue weighted by Crippen LogP contribution is -2.25. The van der Waals surface area contributed by atoms with Crippen molar-refractivity contribution in [3.05, 3.63) is 30.1 Å². The number of carbonyl (C=O) groups excluding carboxylic acids is 1. The summed E-state index contributed by atoms with van der Waals surface area (Å²) >= 11 is 1.08. The highest BCUT2D eigenvalue weighted by Crippen LogP contribution is 1.99. The molecule has 0 fully saturated rings. The molecule has 0 aliphatic rings. The number of nitrogens with zero attached hydrogens (tertiary/aromatic N) is 1. The summed E-state index contributed by atoms with van der Waals surface area (Å²) in [6.07, 6.45) is 3.33. The van der Waals surface area contributed by atoms with Crippen LogP contribution in [0.25, 0.3) is 0 Å². The second-order valence-electron chi connectivity index (χ2n) is 3.02. The molecule has 16 heavy (non-hydrogen) atoms. The first-order chi connectivity index (χ1) is 7.68. The van der Waals surface area contributed by atoms with Crippen molar-refractivity contribution in [1.29, 1.82) is 0 Å². The first kappa shape index (κ1) is 12.5. The van der Waals surface area contributed by atoms with E-state index >= 15 is 0 Å². The third kappa shape index (κ3) is 5.35. The molecule has 0 radical (unpaired) electrons. The van der Waals surface area contributed by atoms with Gasteiger partial charge in [-0.05, 0) is 11.6 Å². The Hall–Kier alpha value is -1.56. The normalized spacial score (nSPS) is 9.75. The molecule has 1 heterocycles. The number of thioether (sulfide) groups is 1. The van der Waals surface area contributed by atoms with E-state index in [0.29, 0.717) is 6.54 Å². The standard InChI is InChI=1S/C10H12N2O3S/c13-9(6-16-7-10(14)15)12-5-8-2-1-3-11-4-8/h1-4H,5-7H2,(H,12,13)(H,14,15). The Morgan fingerprint density at radius 1 is 1.44 bits per heavy atom. The van der Waals surface area contributed by atoms with Gasteiger partial charge in [0.1, 0.15) is 0 Å². The van der Waals surface area contributed by atoms with E-state index in [9.17, 15) is 9.59 Å². The molecule has 5 nitrogen and oxygen atoms in total. The van der Waals surface area contributed by atoms with E-state index in [0.717, 1.165) is 17.3 Å². The number of carboxylic acids is 1. The van der Waals surface area contributed by atoms with Crippen LogP contribution >= 0.6 is 11.8 Å². The first-order valence-corrected chi connectivity index (χ1v) is 5.79. The van der Waals surface area contributed by atoms with Crippen LogP contribution in [0.5, 0.6) is 0 Å². The molecule has 0 aliphatic heterocycles. The third-order valence-electron chi connectivity index (χ3n) is 1.67. The van der Waals surface area contributed by atoms with Gasteiger partial charge in [-0.2, -0.15) is 0 Å². The quantitative estimate of drug-likeness (QED) is 0.757. The van der Waals surface area contributed by atoms with Crippen LogP contribution < -0.4 is 5.32 Å². The molecular formula is C10H12N2O3S. The van der Waals surface area contributed by atoms with Crippen molar-refractivity contribution in [2.24, 2.45) is 0 Å². The number of aromatic nitrogens is 1. The number of aliphatic carboxylic acids is 1. The number of carbonyl (C=O) groups is 2. The smallest absolute Gasteiger partial charge is 0.313 e. The van der Waals surface area contributed by atoms with Crippen molar-refractivity contribution in [2.75, 3.05) is 11.5 Å². The summed E-state index contributed by atoms with van der Waals surface area (Å²) in [4.78, 5) is 25.4. The maximum absolute atomic E-state index is 11.3. The molecule has 0 atom stereocenters. The van der Waals surface area contributed by atoms with Gasteiger partial charge in [-0.1, -0.05) is 6.07 Å². The molecule has 0 bridgehead atoms. The Labute approximate surface area is 97.3 Å². The van der Waals surface area contributed by atoms with Gasteiger partial charge in [-0.25, -0.2) is 0 Å². The number of hydrogen-bond donors (Lipinski definition) is 2. The maximum atomic E-state index is 11.3. The summed E-state index contributed by atoms with van der Waals surface area (Å²) in [5.74, 6) is -0.979. The average Bonchev–Trinajstić information content (AvgIpc) is 2.27. The monoisotopic (exact) mass is 240 g/mol. The molecule has 1 amide bonds. The molecule has 0 saturated carbocycles. The number of carboxylic acid groups (broad SMARTS) is 1. The zero-order chi connectivity index (χ0) is 11.8. The second-order valence-corrected chi connectivity index (χ2v) is 4.01.